The van der Waals surface area contributed by atoms with Crippen LogP contribution in [0.25, 0.3) is 0 Å². The summed E-state index contributed by atoms with van der Waals surface area (Å²) in [6.07, 6.45) is 0. The van der Waals surface area contributed by atoms with Crippen LogP contribution in [-0.2, 0) is 0 Å². The molecule has 1 unspecified atom stereocenters. The van der Waals surface area contributed by atoms with Crippen LogP contribution in [0.5, 0.6) is 0 Å². The summed E-state index contributed by atoms with van der Waals surface area (Å²) in [5.41, 5.74) is 14.5. The molecule has 0 fully saturated rings. The topological polar surface area (TPSA) is 52.0 Å². The standard InChI is InChI=1S/C9H14N2/c1-6-8(7(2)10)4-3-5-9(6)11/h3-5,7H,10-11H2,1-2H3. The Balaban J connectivity index is 3.17. The molecule has 11 heavy (non-hydrogen) atoms. The molecule has 0 radical (unpaired) electrons. The number of nitrogen functional groups attached to an aromatic ring is 1. The van der Waals surface area contributed by atoms with Crippen LogP contribution >= 0.6 is 0 Å². The maximum Gasteiger partial charge on any atom is 0.0347 e. The highest BCUT2D eigenvalue weighted by atomic mass is 14.6. The van der Waals surface area contributed by atoms with Crippen molar-refractivity contribution in [3.63, 3.8) is 0 Å². The van der Waals surface area contributed by atoms with E-state index in [1.807, 2.05) is 32.0 Å². The van der Waals surface area contributed by atoms with Crippen LogP contribution in [0.4, 0.5) is 5.69 Å². The smallest absolute Gasteiger partial charge is 0.0347 e. The second-order valence-electron chi connectivity index (χ2n) is 2.85. The Labute approximate surface area is 67.2 Å². The summed E-state index contributed by atoms with van der Waals surface area (Å²) in [5, 5.41) is 0. The van der Waals surface area contributed by atoms with Gasteiger partial charge in [0.1, 0.15) is 0 Å². The van der Waals surface area contributed by atoms with Crippen molar-refractivity contribution in [3.8, 4) is 0 Å². The Kier molecular flexibility index (Phi) is 2.15. The van der Waals surface area contributed by atoms with Gasteiger partial charge in [0.05, 0.1) is 0 Å². The highest BCUT2D eigenvalue weighted by Gasteiger charge is 2.03. The van der Waals surface area contributed by atoms with Crippen LogP contribution in [0.3, 0.4) is 0 Å². The first-order valence-corrected chi connectivity index (χ1v) is 3.73. The molecule has 60 valence electrons. The number of hydrogen-bond donors (Lipinski definition) is 2. The van der Waals surface area contributed by atoms with Gasteiger partial charge in [-0.25, -0.2) is 0 Å². The Hall–Kier alpha value is -1.02. The molecule has 2 nitrogen and oxygen atoms in total. The average molecular weight is 150 g/mol. The Morgan fingerprint density at radius 3 is 2.45 bits per heavy atom. The molecule has 0 saturated carbocycles. The van der Waals surface area contributed by atoms with Crippen LogP contribution in [0.2, 0.25) is 0 Å². The molecule has 1 atom stereocenters. The second-order valence-corrected chi connectivity index (χ2v) is 2.85. The van der Waals surface area contributed by atoms with Crippen molar-refractivity contribution >= 4 is 5.69 Å². The van der Waals surface area contributed by atoms with E-state index in [0.717, 1.165) is 16.8 Å². The molecule has 0 amide bonds. The minimum atomic E-state index is 0.0681. The van der Waals surface area contributed by atoms with Crippen LogP contribution in [0.1, 0.15) is 24.1 Å². The third-order valence-electron chi connectivity index (χ3n) is 1.91. The minimum Gasteiger partial charge on any atom is -0.399 e. The number of rotatable bonds is 1. The molecule has 0 spiro atoms. The van der Waals surface area contributed by atoms with Crippen molar-refractivity contribution in [3.05, 3.63) is 29.3 Å². The maximum atomic E-state index is 5.73. The first-order chi connectivity index (χ1) is 5.13. The summed E-state index contributed by atoms with van der Waals surface area (Å²) in [4.78, 5) is 0. The molecule has 1 rings (SSSR count). The molecular weight excluding hydrogens is 136 g/mol. The lowest BCUT2D eigenvalue weighted by Crippen LogP contribution is -2.07. The van der Waals surface area contributed by atoms with E-state index in [9.17, 15) is 0 Å². The van der Waals surface area contributed by atoms with Gasteiger partial charge in [0, 0.05) is 11.7 Å². The molecule has 0 aromatic heterocycles. The Morgan fingerprint density at radius 2 is 2.00 bits per heavy atom. The minimum absolute atomic E-state index is 0.0681. The molecule has 4 N–H and O–H groups in total. The first-order valence-electron chi connectivity index (χ1n) is 3.73. The van der Waals surface area contributed by atoms with E-state index in [-0.39, 0.29) is 6.04 Å². The van der Waals surface area contributed by atoms with Gasteiger partial charge < -0.3 is 11.5 Å². The fourth-order valence-electron chi connectivity index (χ4n) is 1.17. The lowest BCUT2D eigenvalue weighted by Gasteiger charge is -2.10. The average Bonchev–Trinajstić information content (AvgIpc) is 1.94. The van der Waals surface area contributed by atoms with Crippen molar-refractivity contribution in [2.24, 2.45) is 5.73 Å². The lowest BCUT2D eigenvalue weighted by atomic mass is 10.0. The zero-order valence-corrected chi connectivity index (χ0v) is 6.96. The van der Waals surface area contributed by atoms with Crippen LogP contribution < -0.4 is 11.5 Å². The molecule has 0 heterocycles. The van der Waals surface area contributed by atoms with Gasteiger partial charge in [-0.3, -0.25) is 0 Å². The third kappa shape index (κ3) is 1.52. The number of nitrogens with two attached hydrogens (primary N) is 2. The Morgan fingerprint density at radius 1 is 1.36 bits per heavy atom. The lowest BCUT2D eigenvalue weighted by molar-refractivity contribution is 0.811. The summed E-state index contributed by atoms with van der Waals surface area (Å²) in [5.74, 6) is 0. The van der Waals surface area contributed by atoms with Crippen molar-refractivity contribution in [1.82, 2.24) is 0 Å². The summed E-state index contributed by atoms with van der Waals surface area (Å²) in [6, 6.07) is 5.90. The molecule has 1 aromatic rings. The molecule has 0 aliphatic rings. The van der Waals surface area contributed by atoms with Gasteiger partial charge in [-0.1, -0.05) is 12.1 Å². The van der Waals surface area contributed by atoms with Crippen LogP contribution in [-0.4, -0.2) is 0 Å². The highest BCUT2D eigenvalue weighted by molar-refractivity contribution is 5.50. The van der Waals surface area contributed by atoms with E-state index < -0.39 is 0 Å². The van der Waals surface area contributed by atoms with Gasteiger partial charge in [-0.15, -0.1) is 0 Å². The molecule has 0 saturated heterocycles. The van der Waals surface area contributed by atoms with Crippen molar-refractivity contribution in [2.75, 3.05) is 5.73 Å². The summed E-state index contributed by atoms with van der Waals surface area (Å²) < 4.78 is 0. The van der Waals surface area contributed by atoms with E-state index in [1.54, 1.807) is 0 Å². The number of hydrogen-bond acceptors (Lipinski definition) is 2. The summed E-state index contributed by atoms with van der Waals surface area (Å²) >= 11 is 0. The quantitative estimate of drug-likeness (QED) is 0.597. The molecular formula is C9H14N2. The highest BCUT2D eigenvalue weighted by Crippen LogP contribution is 2.19. The van der Waals surface area contributed by atoms with E-state index in [4.69, 9.17) is 11.5 Å². The van der Waals surface area contributed by atoms with E-state index in [0.29, 0.717) is 0 Å². The van der Waals surface area contributed by atoms with Gasteiger partial charge in [0.15, 0.2) is 0 Å². The SMILES string of the molecule is Cc1c(N)cccc1C(C)N. The third-order valence-corrected chi connectivity index (χ3v) is 1.91. The van der Waals surface area contributed by atoms with E-state index in [2.05, 4.69) is 0 Å². The monoisotopic (exact) mass is 150 g/mol. The van der Waals surface area contributed by atoms with Crippen molar-refractivity contribution in [2.45, 2.75) is 19.9 Å². The zero-order chi connectivity index (χ0) is 8.43. The van der Waals surface area contributed by atoms with Crippen LogP contribution in [0.15, 0.2) is 18.2 Å². The number of anilines is 1. The second kappa shape index (κ2) is 2.93. The van der Waals surface area contributed by atoms with Crippen molar-refractivity contribution < 1.29 is 0 Å². The predicted molar refractivity (Wildman–Crippen MR) is 48.2 cm³/mol. The normalized spacial score (nSPS) is 13.0. The zero-order valence-electron chi connectivity index (χ0n) is 6.96. The fraction of sp³-hybridized carbons (Fsp3) is 0.333. The fourth-order valence-corrected chi connectivity index (χ4v) is 1.17. The largest absolute Gasteiger partial charge is 0.399 e. The van der Waals surface area contributed by atoms with Crippen LogP contribution in [0, 0.1) is 6.92 Å². The number of benzene rings is 1. The molecule has 2 heteroatoms. The van der Waals surface area contributed by atoms with E-state index in [1.165, 1.54) is 0 Å². The Bertz CT molecular complexity index is 254. The molecule has 1 aromatic carbocycles. The summed E-state index contributed by atoms with van der Waals surface area (Å²) in [7, 11) is 0. The van der Waals surface area contributed by atoms with Gasteiger partial charge >= 0.3 is 0 Å². The van der Waals surface area contributed by atoms with Gasteiger partial charge in [-0.2, -0.15) is 0 Å². The van der Waals surface area contributed by atoms with E-state index >= 15 is 0 Å². The molecule has 0 aliphatic carbocycles. The summed E-state index contributed by atoms with van der Waals surface area (Å²) in [6.45, 7) is 3.95. The maximum absolute atomic E-state index is 5.73. The van der Waals surface area contributed by atoms with Gasteiger partial charge in [0.2, 0.25) is 0 Å². The van der Waals surface area contributed by atoms with Crippen molar-refractivity contribution in [1.29, 1.82) is 0 Å². The molecule has 0 bridgehead atoms. The van der Waals surface area contributed by atoms with Gasteiger partial charge in [0.25, 0.3) is 0 Å². The predicted octanol–water partition coefficient (Wildman–Crippen LogP) is 1.60. The molecule has 0 aliphatic heterocycles. The van der Waals surface area contributed by atoms with Gasteiger partial charge in [-0.05, 0) is 31.0 Å². The first kappa shape index (κ1) is 8.08.